The normalized spacial score (nSPS) is 10.8. The summed E-state index contributed by atoms with van der Waals surface area (Å²) >= 11 is 0. The third kappa shape index (κ3) is 2.30. The van der Waals surface area contributed by atoms with E-state index in [2.05, 4.69) is 11.1 Å². The van der Waals surface area contributed by atoms with Crippen LogP contribution in [-0.2, 0) is 0 Å². The zero-order valence-corrected chi connectivity index (χ0v) is 13.3. The summed E-state index contributed by atoms with van der Waals surface area (Å²) in [6.07, 6.45) is 3.16. The van der Waals surface area contributed by atoms with Crippen molar-refractivity contribution in [2.24, 2.45) is 0 Å². The molecule has 2 heterocycles. The number of hydrogen-bond donors (Lipinski definition) is 1. The molecule has 0 amide bonds. The summed E-state index contributed by atoms with van der Waals surface area (Å²) < 4.78 is 29.5. The highest BCUT2D eigenvalue weighted by Gasteiger charge is 2.21. The quantitative estimate of drug-likeness (QED) is 0.579. The number of phenols is 1. The van der Waals surface area contributed by atoms with Gasteiger partial charge in [0.25, 0.3) is 0 Å². The first kappa shape index (κ1) is 15.8. The topological polar surface area (TPSA) is 61.8 Å². The van der Waals surface area contributed by atoms with E-state index in [1.807, 2.05) is 0 Å². The number of aromatic hydroxyl groups is 1. The summed E-state index contributed by atoms with van der Waals surface area (Å²) in [5.41, 5.74) is 2.37. The second-order valence-electron chi connectivity index (χ2n) is 5.68. The molecule has 4 rings (SSSR count). The molecule has 0 unspecified atom stereocenters. The van der Waals surface area contributed by atoms with Gasteiger partial charge in [-0.25, -0.2) is 8.78 Å². The van der Waals surface area contributed by atoms with Crippen LogP contribution in [0.3, 0.4) is 0 Å². The Morgan fingerprint density at radius 2 is 1.65 bits per heavy atom. The predicted octanol–water partition coefficient (Wildman–Crippen LogP) is 4.55. The molecule has 0 spiro atoms. The molecule has 4 nitrogen and oxygen atoms in total. The van der Waals surface area contributed by atoms with Crippen molar-refractivity contribution in [3.8, 4) is 28.8 Å². The van der Waals surface area contributed by atoms with Crippen molar-refractivity contribution in [1.82, 2.24) is 9.55 Å². The molecule has 1 N–H and O–H groups in total. The van der Waals surface area contributed by atoms with Crippen molar-refractivity contribution in [2.75, 3.05) is 0 Å². The zero-order chi connectivity index (χ0) is 18.3. The lowest BCUT2D eigenvalue weighted by Gasteiger charge is -2.12. The van der Waals surface area contributed by atoms with E-state index in [-0.39, 0.29) is 5.69 Å². The smallest absolute Gasteiger partial charge is 0.187 e. The molecule has 0 atom stereocenters. The summed E-state index contributed by atoms with van der Waals surface area (Å²) in [5.74, 6) is -3.18. The van der Waals surface area contributed by atoms with Crippen molar-refractivity contribution in [2.45, 2.75) is 0 Å². The molecular weight excluding hydrogens is 336 g/mol. The predicted molar refractivity (Wildman–Crippen MR) is 92.8 cm³/mol. The number of nitrogens with zero attached hydrogens (tertiary/aromatic N) is 3. The fourth-order valence-corrected chi connectivity index (χ4v) is 3.09. The maximum Gasteiger partial charge on any atom is 0.187 e. The van der Waals surface area contributed by atoms with Crippen molar-refractivity contribution in [3.63, 3.8) is 0 Å². The van der Waals surface area contributed by atoms with Gasteiger partial charge in [0.1, 0.15) is 6.07 Å². The minimum absolute atomic E-state index is 0.169. The Hall–Kier alpha value is -3.72. The highest BCUT2D eigenvalue weighted by molar-refractivity contribution is 5.96. The summed E-state index contributed by atoms with van der Waals surface area (Å²) in [6, 6.07) is 14.8. The van der Waals surface area contributed by atoms with E-state index in [4.69, 9.17) is 0 Å². The fourth-order valence-electron chi connectivity index (χ4n) is 3.09. The molecule has 0 saturated heterocycles. The summed E-state index contributed by atoms with van der Waals surface area (Å²) in [4.78, 5) is 3.98. The largest absolute Gasteiger partial charge is 0.503 e. The number of phenolic OH excluding ortho intramolecular Hbond substituents is 1. The highest BCUT2D eigenvalue weighted by Crippen LogP contribution is 2.37. The average Bonchev–Trinajstić information content (AvgIpc) is 3.00. The molecule has 0 aliphatic heterocycles. The number of pyridine rings is 1. The number of hydrogen-bond acceptors (Lipinski definition) is 3. The van der Waals surface area contributed by atoms with Gasteiger partial charge in [0.15, 0.2) is 17.4 Å². The van der Waals surface area contributed by atoms with E-state index in [9.17, 15) is 19.1 Å². The van der Waals surface area contributed by atoms with Crippen LogP contribution < -0.4 is 0 Å². The third-order valence-electron chi connectivity index (χ3n) is 4.20. The van der Waals surface area contributed by atoms with Gasteiger partial charge in [0.2, 0.25) is 0 Å². The van der Waals surface area contributed by atoms with E-state index in [1.165, 1.54) is 0 Å². The van der Waals surface area contributed by atoms with Crippen molar-refractivity contribution in [1.29, 1.82) is 5.26 Å². The van der Waals surface area contributed by atoms with Gasteiger partial charge >= 0.3 is 0 Å². The van der Waals surface area contributed by atoms with Gasteiger partial charge in [0.05, 0.1) is 22.5 Å². The van der Waals surface area contributed by atoms with Crippen LogP contribution in [-0.4, -0.2) is 14.7 Å². The molecule has 0 aliphatic rings. The molecule has 0 aliphatic carbocycles. The van der Waals surface area contributed by atoms with Gasteiger partial charge in [-0.1, -0.05) is 18.2 Å². The molecule has 0 bridgehead atoms. The third-order valence-corrected chi connectivity index (χ3v) is 4.20. The Labute approximate surface area is 147 Å². The Balaban J connectivity index is 2.17. The minimum Gasteiger partial charge on any atom is -0.503 e. The van der Waals surface area contributed by atoms with Crippen molar-refractivity contribution in [3.05, 3.63) is 78.1 Å². The number of halogens is 2. The molecule has 2 aromatic carbocycles. The van der Waals surface area contributed by atoms with Gasteiger partial charge in [-0.15, -0.1) is 0 Å². The van der Waals surface area contributed by atoms with E-state index < -0.39 is 17.4 Å². The molecule has 0 fully saturated rings. The molecule has 2 aromatic heterocycles. The van der Waals surface area contributed by atoms with Crippen LogP contribution in [0.25, 0.3) is 27.8 Å². The monoisotopic (exact) mass is 347 g/mol. The SMILES string of the molecule is N#Cc1c(-c2ccncc2)n(-c2cc(F)c(O)c(F)c2)c2ccccc12. The summed E-state index contributed by atoms with van der Waals surface area (Å²) in [6.45, 7) is 0. The minimum atomic E-state index is -1.07. The zero-order valence-electron chi connectivity index (χ0n) is 13.3. The Morgan fingerprint density at radius 3 is 2.31 bits per heavy atom. The molecule has 126 valence electrons. The van der Waals surface area contributed by atoms with Crippen LogP contribution in [0.1, 0.15) is 5.56 Å². The Bertz CT molecular complexity index is 1150. The van der Waals surface area contributed by atoms with E-state index in [1.54, 1.807) is 53.4 Å². The summed E-state index contributed by atoms with van der Waals surface area (Å²) in [7, 11) is 0. The second kappa shape index (κ2) is 5.97. The van der Waals surface area contributed by atoms with E-state index >= 15 is 0 Å². The number of para-hydroxylation sites is 1. The van der Waals surface area contributed by atoms with Gasteiger partial charge in [-0.2, -0.15) is 5.26 Å². The van der Waals surface area contributed by atoms with Crippen LogP contribution in [0.5, 0.6) is 5.75 Å². The number of aromatic nitrogens is 2. The molecular formula is C20H11F2N3O. The molecule has 0 radical (unpaired) electrons. The molecule has 6 heteroatoms. The lowest BCUT2D eigenvalue weighted by molar-refractivity contribution is 0.396. The van der Waals surface area contributed by atoms with E-state index in [0.29, 0.717) is 27.7 Å². The maximum absolute atomic E-state index is 14.0. The Kier molecular flexibility index (Phi) is 3.63. The number of nitriles is 1. The highest BCUT2D eigenvalue weighted by atomic mass is 19.1. The average molecular weight is 347 g/mol. The van der Waals surface area contributed by atoms with Crippen molar-refractivity contribution < 1.29 is 13.9 Å². The van der Waals surface area contributed by atoms with Crippen LogP contribution in [0, 0.1) is 23.0 Å². The lowest BCUT2D eigenvalue weighted by Crippen LogP contribution is -2.00. The molecule has 0 saturated carbocycles. The lowest BCUT2D eigenvalue weighted by atomic mass is 10.1. The first-order chi connectivity index (χ1) is 12.6. The fraction of sp³-hybridized carbons (Fsp3) is 0. The Morgan fingerprint density at radius 1 is 1.00 bits per heavy atom. The van der Waals surface area contributed by atoms with Gasteiger partial charge in [-0.05, 0) is 18.2 Å². The van der Waals surface area contributed by atoms with Crippen LogP contribution in [0.2, 0.25) is 0 Å². The first-order valence-electron chi connectivity index (χ1n) is 7.74. The van der Waals surface area contributed by atoms with Crippen LogP contribution in [0.15, 0.2) is 60.9 Å². The standard InChI is InChI=1S/C20H11F2N3O/c21-16-9-13(10-17(22)20(16)26)25-18-4-2-1-3-14(18)15(11-23)19(25)12-5-7-24-8-6-12/h1-10,26H. The number of fused-ring (bicyclic) bond motifs is 1. The van der Waals surface area contributed by atoms with Crippen LogP contribution >= 0.6 is 0 Å². The maximum atomic E-state index is 14.0. The van der Waals surface area contributed by atoms with Gasteiger partial charge < -0.3 is 9.67 Å². The second-order valence-corrected chi connectivity index (χ2v) is 5.68. The molecule has 4 aromatic rings. The first-order valence-corrected chi connectivity index (χ1v) is 7.74. The summed E-state index contributed by atoms with van der Waals surface area (Å²) in [5, 5.41) is 19.8. The molecule has 26 heavy (non-hydrogen) atoms. The van der Waals surface area contributed by atoms with Crippen molar-refractivity contribution >= 4 is 10.9 Å². The van der Waals surface area contributed by atoms with Gasteiger partial charge in [0, 0.05) is 35.5 Å². The van der Waals surface area contributed by atoms with Gasteiger partial charge in [-0.3, -0.25) is 4.98 Å². The van der Waals surface area contributed by atoms with E-state index in [0.717, 1.165) is 12.1 Å². The number of rotatable bonds is 2. The number of benzene rings is 2. The van der Waals surface area contributed by atoms with Crippen LogP contribution in [0.4, 0.5) is 8.78 Å².